The quantitative estimate of drug-likeness (QED) is 0.116. The minimum atomic E-state index is 0.0995. The Kier molecular flexibility index (Phi) is 11.7. The summed E-state index contributed by atoms with van der Waals surface area (Å²) in [4.78, 5) is 23.8. The van der Waals surface area contributed by atoms with Crippen molar-refractivity contribution in [3.8, 4) is 84.3 Å². The van der Waals surface area contributed by atoms with Crippen LogP contribution in [0.25, 0.3) is 188 Å². The highest BCUT2D eigenvalue weighted by Crippen LogP contribution is 2.50. The number of nitrogens with one attached hydrogen (secondary N) is 2. The van der Waals surface area contributed by atoms with Gasteiger partial charge in [0.1, 0.15) is 0 Å². The summed E-state index contributed by atoms with van der Waals surface area (Å²) >= 11 is 0. The van der Waals surface area contributed by atoms with Gasteiger partial charge in [-0.3, -0.25) is 5.41 Å². The van der Waals surface area contributed by atoms with Crippen molar-refractivity contribution < 1.29 is 0 Å². The van der Waals surface area contributed by atoms with Crippen LogP contribution in [0.4, 0.5) is 0 Å². The third-order valence-electron chi connectivity index (χ3n) is 20.2. The van der Waals surface area contributed by atoms with Gasteiger partial charge in [-0.05, 0) is 129 Å². The molecule has 0 amide bonds. The van der Waals surface area contributed by atoms with Crippen LogP contribution in [0.1, 0.15) is 5.56 Å². The highest BCUT2D eigenvalue weighted by Gasteiger charge is 2.27. The Morgan fingerprint density at radius 2 is 0.909 bits per heavy atom. The molecule has 99 heavy (non-hydrogen) atoms. The smallest absolute Gasteiger partial charge is 0.253 e. The lowest BCUT2D eigenvalue weighted by atomic mass is 9.93. The molecule has 0 saturated heterocycles. The van der Waals surface area contributed by atoms with Gasteiger partial charge in [0.2, 0.25) is 5.62 Å². The van der Waals surface area contributed by atoms with Crippen LogP contribution >= 0.6 is 0 Å². The molecule has 2 N–H and O–H groups in total. The molecule has 0 fully saturated rings. The fraction of sp³-hybridized carbons (Fsp3) is 0. The van der Waals surface area contributed by atoms with Crippen LogP contribution in [0.3, 0.4) is 0 Å². The molecule has 6 heterocycles. The molecule has 0 aliphatic heterocycles. The van der Waals surface area contributed by atoms with Crippen molar-refractivity contribution in [2.75, 3.05) is 0 Å². The number of H-pyrrole nitrogens is 1. The zero-order valence-corrected chi connectivity index (χ0v) is 53.0. The highest BCUT2D eigenvalue weighted by atomic mass is 15.3. The number of fused-ring (bicyclic) bond motifs is 14. The lowest BCUT2D eigenvalue weighted by Crippen LogP contribution is -2.17. The summed E-state index contributed by atoms with van der Waals surface area (Å²) in [7, 11) is 0. The van der Waals surface area contributed by atoms with Crippen molar-refractivity contribution in [3.05, 3.63) is 321 Å². The number of hydrogen-bond acceptors (Lipinski definition) is 5. The van der Waals surface area contributed by atoms with Crippen molar-refractivity contribution in [2.45, 2.75) is 0 Å². The molecule has 1 aliphatic rings. The van der Waals surface area contributed by atoms with E-state index in [1.807, 2.05) is 59.1 Å². The van der Waals surface area contributed by atoms with Gasteiger partial charge in [-0.1, -0.05) is 224 Å². The van der Waals surface area contributed by atoms with E-state index in [4.69, 9.17) is 25.0 Å². The number of amidine groups is 1. The first-order valence-electron chi connectivity index (χ1n) is 33.3. The summed E-state index contributed by atoms with van der Waals surface area (Å²) in [6, 6.07) is 110. The van der Waals surface area contributed by atoms with Gasteiger partial charge < -0.3 is 18.7 Å². The Bertz CT molecular complexity index is 6930. The predicted molar refractivity (Wildman–Crippen MR) is 403 cm³/mol. The number of benzene rings is 14. The first-order valence-corrected chi connectivity index (χ1v) is 33.3. The van der Waals surface area contributed by atoms with E-state index in [0.717, 1.165) is 133 Å². The molecular formula is C88H53N11. The van der Waals surface area contributed by atoms with Crippen molar-refractivity contribution in [3.63, 3.8) is 0 Å². The van der Waals surface area contributed by atoms with Gasteiger partial charge in [0.25, 0.3) is 5.78 Å². The number of aromatic nitrogens is 9. The highest BCUT2D eigenvalue weighted by molar-refractivity contribution is 6.31. The number of nitrogens with zero attached hydrogens (tertiary/aromatic N) is 9. The second-order valence-corrected chi connectivity index (χ2v) is 25.6. The Hall–Kier alpha value is -13.6. The number of rotatable bonds is 8. The zero-order valence-electron chi connectivity index (χ0n) is 53.0. The molecule has 0 spiro atoms. The summed E-state index contributed by atoms with van der Waals surface area (Å²) in [5.74, 6) is 1.22. The third kappa shape index (κ3) is 8.25. The lowest BCUT2D eigenvalue weighted by Gasteiger charge is -2.14. The van der Waals surface area contributed by atoms with Crippen LogP contribution < -0.4 is 5.62 Å². The van der Waals surface area contributed by atoms with E-state index in [2.05, 4.69) is 273 Å². The first-order chi connectivity index (χ1) is 49.0. The number of para-hydroxylation sites is 3. The Morgan fingerprint density at radius 1 is 0.333 bits per heavy atom. The van der Waals surface area contributed by atoms with E-state index < -0.39 is 0 Å². The molecule has 11 nitrogen and oxygen atoms in total. The monoisotopic (exact) mass is 1260 g/mol. The molecule has 0 radical (unpaired) electrons. The normalized spacial score (nSPS) is 12.3. The molecule has 11 heteroatoms. The molecule has 0 bridgehead atoms. The average Bonchev–Trinajstić information content (AvgIpc) is 1.56. The lowest BCUT2D eigenvalue weighted by molar-refractivity contribution is 0.988. The molecular weight excluding hydrogens is 1210 g/mol. The third-order valence-corrected chi connectivity index (χ3v) is 20.2. The summed E-state index contributed by atoms with van der Waals surface area (Å²) in [6.45, 7) is 0. The second kappa shape index (κ2) is 21.2. The molecule has 0 unspecified atom stereocenters. The summed E-state index contributed by atoms with van der Waals surface area (Å²) in [5.41, 5.74) is 24.1. The SMILES string of the molecule is N=C(N=c1nc(-c2ccccc2)c2ccccc2[nH]1)c1cccc(-n2c3ccccc3c3ccc4c(c5ccccc5n4-c4ccc(-c5ccc6c(c5)c(-c5ccccc5)nc5nc(-c7cccc(-n8c9cccc%10c9c9c%11c(cccc%11ccc98)-c8ccccc8-%10)c7)nn56)cc4)c32)c1. The average molecular weight is 1260 g/mol. The van der Waals surface area contributed by atoms with Crippen LogP contribution in [0.5, 0.6) is 0 Å². The van der Waals surface area contributed by atoms with Gasteiger partial charge in [0.15, 0.2) is 11.7 Å². The fourth-order valence-electron chi connectivity index (χ4n) is 15.9. The van der Waals surface area contributed by atoms with Crippen LogP contribution in [0.15, 0.2) is 314 Å². The second-order valence-electron chi connectivity index (χ2n) is 25.6. The van der Waals surface area contributed by atoms with E-state index in [9.17, 15) is 5.41 Å². The van der Waals surface area contributed by atoms with Gasteiger partial charge in [-0.2, -0.15) is 14.5 Å². The maximum atomic E-state index is 9.49. The van der Waals surface area contributed by atoms with Gasteiger partial charge >= 0.3 is 0 Å². The molecule has 20 aromatic rings. The van der Waals surface area contributed by atoms with Crippen molar-refractivity contribution in [2.24, 2.45) is 4.99 Å². The molecule has 1 aliphatic carbocycles. The number of aromatic amines is 1. The summed E-state index contributed by atoms with van der Waals surface area (Å²) in [6.07, 6.45) is 0. The molecule has 460 valence electrons. The van der Waals surface area contributed by atoms with Crippen LogP contribution in [0.2, 0.25) is 0 Å². The van der Waals surface area contributed by atoms with E-state index in [-0.39, 0.29) is 5.84 Å². The van der Waals surface area contributed by atoms with Crippen molar-refractivity contribution >= 4 is 110 Å². The first kappa shape index (κ1) is 54.7. The van der Waals surface area contributed by atoms with Gasteiger partial charge in [-0.15, -0.1) is 5.10 Å². The van der Waals surface area contributed by atoms with E-state index >= 15 is 0 Å². The van der Waals surface area contributed by atoms with E-state index in [1.165, 1.54) is 43.8 Å². The predicted octanol–water partition coefficient (Wildman–Crippen LogP) is 20.8. The largest absolute Gasteiger partial charge is 0.323 e. The van der Waals surface area contributed by atoms with Gasteiger partial charge in [0, 0.05) is 82.4 Å². The Balaban J connectivity index is 0.658. The van der Waals surface area contributed by atoms with Gasteiger partial charge in [0.05, 0.1) is 55.5 Å². The Morgan fingerprint density at radius 3 is 1.71 bits per heavy atom. The van der Waals surface area contributed by atoms with Crippen molar-refractivity contribution in [1.82, 2.24) is 43.3 Å². The topological polar surface area (TPSA) is 123 Å². The molecule has 14 aromatic carbocycles. The number of hydrogen-bond donors (Lipinski definition) is 2. The summed E-state index contributed by atoms with van der Waals surface area (Å²) < 4.78 is 9.06. The molecule has 21 rings (SSSR count). The standard InChI is InChI=1S/C88H53N11/c89-85(93-87-90-71-35-12-9-31-68(71)82(91-87)54-19-3-1-4-20-54)57-24-15-27-61(49-57)98-72-36-13-10-30-64(72)67-45-48-76-80(84(67)98)69-32-11-14-37-73(69)96(76)59-43-39-52(40-44-59)56-42-46-74-70(51-56)83(55-21-5-2-6-22-55)92-88-94-86(95-99(74)88)58-25-16-26-60(50-58)97-75-38-18-34-66-63-29-8-7-28-62(63)65-33-17-23-53-41-47-77(97)81(78(53)65)79(66)75/h1-51H,(H2,89,90,91,93). The molecule has 0 atom stereocenters. The Labute approximate surface area is 564 Å². The fourth-order valence-corrected chi connectivity index (χ4v) is 15.9. The molecule has 0 saturated carbocycles. The minimum absolute atomic E-state index is 0.0995. The van der Waals surface area contributed by atoms with Crippen LogP contribution in [-0.4, -0.2) is 49.1 Å². The zero-order chi connectivity index (χ0) is 65.0. The maximum Gasteiger partial charge on any atom is 0.253 e. The van der Waals surface area contributed by atoms with Crippen molar-refractivity contribution in [1.29, 1.82) is 5.41 Å². The van der Waals surface area contributed by atoms with Crippen LogP contribution in [-0.2, 0) is 0 Å². The minimum Gasteiger partial charge on any atom is -0.323 e. The summed E-state index contributed by atoms with van der Waals surface area (Å²) in [5, 5.41) is 26.3. The van der Waals surface area contributed by atoms with Gasteiger partial charge in [-0.25, -0.2) is 9.97 Å². The molecule has 6 aromatic heterocycles. The van der Waals surface area contributed by atoms with Crippen LogP contribution in [0, 0.1) is 5.41 Å². The van der Waals surface area contributed by atoms with E-state index in [1.54, 1.807) is 0 Å². The van der Waals surface area contributed by atoms with E-state index in [0.29, 0.717) is 22.8 Å². The maximum absolute atomic E-state index is 9.49.